The molecule has 0 unspecified atom stereocenters. The molecule has 2 rings (SSSR count). The summed E-state index contributed by atoms with van der Waals surface area (Å²) in [6.45, 7) is 2.72. The molecule has 0 saturated carbocycles. The molecule has 2 aromatic rings. The first-order valence-electron chi connectivity index (χ1n) is 6.12. The highest BCUT2D eigenvalue weighted by atomic mass is 32.2. The van der Waals surface area contributed by atoms with Crippen LogP contribution in [0.3, 0.4) is 0 Å². The minimum absolute atomic E-state index is 0.0143. The molecule has 0 bridgehead atoms. The lowest BCUT2D eigenvalue weighted by Crippen LogP contribution is -2.03. The summed E-state index contributed by atoms with van der Waals surface area (Å²) in [5.41, 5.74) is 6.47. The van der Waals surface area contributed by atoms with Crippen LogP contribution in [0.5, 0.6) is 5.75 Å². The summed E-state index contributed by atoms with van der Waals surface area (Å²) in [5.74, 6) is -0.240. The van der Waals surface area contributed by atoms with Crippen LogP contribution in [-0.4, -0.2) is 20.1 Å². The zero-order valence-corrected chi connectivity index (χ0v) is 11.8. The summed E-state index contributed by atoms with van der Waals surface area (Å²) in [5, 5.41) is 12.6. The van der Waals surface area contributed by atoms with Gasteiger partial charge >= 0.3 is 0 Å². The number of anilines is 2. The average molecular weight is 292 g/mol. The maximum Gasteiger partial charge on any atom is 0.206 e. The summed E-state index contributed by atoms with van der Waals surface area (Å²) >= 11 is 0. The van der Waals surface area contributed by atoms with Crippen molar-refractivity contribution in [2.75, 3.05) is 17.6 Å². The van der Waals surface area contributed by atoms with Crippen LogP contribution in [-0.2, 0) is 9.84 Å². The number of sulfone groups is 1. The molecule has 0 aliphatic heterocycles. The highest BCUT2D eigenvalue weighted by Crippen LogP contribution is 2.28. The number of hydrogen-bond acceptors (Lipinski definition) is 5. The molecular weight excluding hydrogens is 276 g/mol. The van der Waals surface area contributed by atoms with Gasteiger partial charge in [0.15, 0.2) is 0 Å². The molecule has 0 fully saturated rings. The third-order valence-electron chi connectivity index (χ3n) is 2.86. The number of rotatable bonds is 4. The number of hydrogen-bond donors (Lipinski definition) is 3. The van der Waals surface area contributed by atoms with Crippen molar-refractivity contribution in [1.29, 1.82) is 0 Å². The zero-order chi connectivity index (χ0) is 14.8. The van der Waals surface area contributed by atoms with Crippen molar-refractivity contribution in [2.24, 2.45) is 0 Å². The van der Waals surface area contributed by atoms with E-state index in [1.165, 1.54) is 24.3 Å². The van der Waals surface area contributed by atoms with Gasteiger partial charge in [-0.15, -0.1) is 0 Å². The summed E-state index contributed by atoms with van der Waals surface area (Å²) in [6, 6.07) is 10.4. The maximum absolute atomic E-state index is 12.4. The molecule has 0 radical (unpaired) electrons. The lowest BCUT2D eigenvalue weighted by atomic mass is 10.3. The number of nitrogens with one attached hydrogen (secondary N) is 1. The van der Waals surface area contributed by atoms with E-state index in [1.807, 2.05) is 6.92 Å². The fourth-order valence-electron chi connectivity index (χ4n) is 1.78. The van der Waals surface area contributed by atoms with Crippen LogP contribution in [0.15, 0.2) is 52.3 Å². The van der Waals surface area contributed by atoms with E-state index in [4.69, 9.17) is 5.73 Å². The molecule has 0 saturated heterocycles. The van der Waals surface area contributed by atoms with Crippen LogP contribution in [0.25, 0.3) is 0 Å². The van der Waals surface area contributed by atoms with Gasteiger partial charge in [0.25, 0.3) is 0 Å². The second kappa shape index (κ2) is 5.42. The van der Waals surface area contributed by atoms with Gasteiger partial charge in [-0.2, -0.15) is 0 Å². The van der Waals surface area contributed by atoms with Gasteiger partial charge in [0.05, 0.1) is 15.5 Å². The second-order valence-electron chi connectivity index (χ2n) is 4.28. The predicted molar refractivity (Wildman–Crippen MR) is 78.6 cm³/mol. The van der Waals surface area contributed by atoms with E-state index in [0.29, 0.717) is 0 Å². The van der Waals surface area contributed by atoms with E-state index < -0.39 is 9.84 Å². The number of nitrogens with two attached hydrogens (primary N) is 1. The Kier molecular flexibility index (Phi) is 3.85. The molecule has 0 amide bonds. The Morgan fingerprint density at radius 2 is 1.70 bits per heavy atom. The zero-order valence-electron chi connectivity index (χ0n) is 11.0. The van der Waals surface area contributed by atoms with Gasteiger partial charge in [0, 0.05) is 18.3 Å². The number of phenols is 1. The topological polar surface area (TPSA) is 92.4 Å². The first kappa shape index (κ1) is 14.2. The SMILES string of the molecule is CCNc1ccc(S(=O)(=O)c2ccc(N)c(O)c2)cc1. The van der Waals surface area contributed by atoms with Crippen molar-refractivity contribution in [3.05, 3.63) is 42.5 Å². The van der Waals surface area contributed by atoms with Gasteiger partial charge in [0.2, 0.25) is 9.84 Å². The highest BCUT2D eigenvalue weighted by Gasteiger charge is 2.18. The highest BCUT2D eigenvalue weighted by molar-refractivity contribution is 7.91. The number of benzene rings is 2. The van der Waals surface area contributed by atoms with Gasteiger partial charge in [-0.25, -0.2) is 8.42 Å². The van der Waals surface area contributed by atoms with E-state index in [-0.39, 0.29) is 21.2 Å². The molecule has 5 nitrogen and oxygen atoms in total. The van der Waals surface area contributed by atoms with E-state index in [0.717, 1.165) is 18.3 Å². The van der Waals surface area contributed by atoms with E-state index >= 15 is 0 Å². The minimum atomic E-state index is -3.65. The standard InChI is InChI=1S/C14H16N2O3S/c1-2-16-10-3-5-11(6-4-10)20(18,19)12-7-8-13(15)14(17)9-12/h3-9,16-17H,2,15H2,1H3. The molecule has 0 aliphatic carbocycles. The Balaban J connectivity index is 2.41. The lowest BCUT2D eigenvalue weighted by Gasteiger charge is -2.08. The van der Waals surface area contributed by atoms with Crippen molar-refractivity contribution in [3.63, 3.8) is 0 Å². The van der Waals surface area contributed by atoms with Crippen molar-refractivity contribution < 1.29 is 13.5 Å². The van der Waals surface area contributed by atoms with Crippen LogP contribution >= 0.6 is 0 Å². The average Bonchev–Trinajstić information content (AvgIpc) is 2.43. The number of aromatic hydroxyl groups is 1. The summed E-state index contributed by atoms with van der Waals surface area (Å²) in [7, 11) is -3.65. The summed E-state index contributed by atoms with van der Waals surface area (Å²) in [4.78, 5) is 0.184. The maximum atomic E-state index is 12.4. The summed E-state index contributed by atoms with van der Waals surface area (Å²) < 4.78 is 24.8. The number of phenolic OH excluding ortho intramolecular Hbond substituents is 1. The van der Waals surface area contributed by atoms with E-state index in [9.17, 15) is 13.5 Å². The van der Waals surface area contributed by atoms with Gasteiger partial charge in [-0.05, 0) is 43.3 Å². The first-order valence-corrected chi connectivity index (χ1v) is 7.61. The third-order valence-corrected chi connectivity index (χ3v) is 4.63. The third kappa shape index (κ3) is 2.70. The van der Waals surface area contributed by atoms with Crippen LogP contribution in [0.2, 0.25) is 0 Å². The number of nitrogen functional groups attached to an aromatic ring is 1. The Morgan fingerprint density at radius 3 is 2.25 bits per heavy atom. The van der Waals surface area contributed by atoms with Crippen molar-refractivity contribution in [3.8, 4) is 5.75 Å². The molecule has 0 spiro atoms. The van der Waals surface area contributed by atoms with Crippen LogP contribution in [0.4, 0.5) is 11.4 Å². The van der Waals surface area contributed by atoms with E-state index in [1.54, 1.807) is 12.1 Å². The molecule has 4 N–H and O–H groups in total. The lowest BCUT2D eigenvalue weighted by molar-refractivity contribution is 0.476. The molecule has 0 aliphatic rings. The largest absolute Gasteiger partial charge is 0.506 e. The Bertz CT molecular complexity index is 710. The molecule has 2 aromatic carbocycles. The second-order valence-corrected chi connectivity index (χ2v) is 6.23. The van der Waals surface area contributed by atoms with Crippen LogP contribution in [0, 0.1) is 0 Å². The fourth-order valence-corrected chi connectivity index (χ4v) is 3.06. The molecule has 20 heavy (non-hydrogen) atoms. The normalized spacial score (nSPS) is 11.2. The Morgan fingerprint density at radius 1 is 1.10 bits per heavy atom. The van der Waals surface area contributed by atoms with Crippen molar-refractivity contribution in [2.45, 2.75) is 16.7 Å². The monoisotopic (exact) mass is 292 g/mol. The molecule has 0 aromatic heterocycles. The quantitative estimate of drug-likeness (QED) is 0.593. The summed E-state index contributed by atoms with van der Waals surface area (Å²) in [6.07, 6.45) is 0. The van der Waals surface area contributed by atoms with Crippen molar-refractivity contribution in [1.82, 2.24) is 0 Å². The Labute approximate surface area is 118 Å². The van der Waals surface area contributed by atoms with Crippen molar-refractivity contribution >= 4 is 21.2 Å². The van der Waals surface area contributed by atoms with E-state index in [2.05, 4.69) is 5.32 Å². The minimum Gasteiger partial charge on any atom is -0.506 e. The van der Waals surface area contributed by atoms with Crippen LogP contribution in [0.1, 0.15) is 6.92 Å². The van der Waals surface area contributed by atoms with Gasteiger partial charge in [-0.3, -0.25) is 0 Å². The first-order chi connectivity index (χ1) is 9.45. The van der Waals surface area contributed by atoms with Crippen LogP contribution < -0.4 is 11.1 Å². The van der Waals surface area contributed by atoms with Gasteiger partial charge in [0.1, 0.15) is 5.75 Å². The van der Waals surface area contributed by atoms with Gasteiger partial charge < -0.3 is 16.2 Å². The smallest absolute Gasteiger partial charge is 0.206 e. The Hall–Kier alpha value is -2.21. The molecular formula is C14H16N2O3S. The molecule has 106 valence electrons. The predicted octanol–water partition coefficient (Wildman–Crippen LogP) is 2.24. The van der Waals surface area contributed by atoms with Gasteiger partial charge in [-0.1, -0.05) is 0 Å². The fraction of sp³-hybridized carbons (Fsp3) is 0.143. The molecule has 0 heterocycles. The molecule has 0 atom stereocenters. The molecule has 6 heteroatoms.